The summed E-state index contributed by atoms with van der Waals surface area (Å²) in [5, 5.41) is 0. The van der Waals surface area contributed by atoms with Gasteiger partial charge in [0.25, 0.3) is 0 Å². The maximum absolute atomic E-state index is 5.55. The van der Waals surface area contributed by atoms with Crippen molar-refractivity contribution >= 4 is 0 Å². The van der Waals surface area contributed by atoms with Crippen molar-refractivity contribution < 1.29 is 9.47 Å². The van der Waals surface area contributed by atoms with Crippen molar-refractivity contribution in [1.82, 2.24) is 0 Å². The molecule has 0 aromatic heterocycles. The van der Waals surface area contributed by atoms with E-state index in [1.54, 1.807) is 14.2 Å². The molecule has 0 spiro atoms. The van der Waals surface area contributed by atoms with E-state index in [-0.39, 0.29) is 0 Å². The van der Waals surface area contributed by atoms with Crippen LogP contribution in [0.1, 0.15) is 0 Å². The fourth-order valence-corrected chi connectivity index (χ4v) is 2.61. The molecule has 0 N–H and O–H groups in total. The summed E-state index contributed by atoms with van der Waals surface area (Å²) in [5.41, 5.74) is 4.58. The lowest BCUT2D eigenvalue weighted by atomic mass is 9.94. The zero-order chi connectivity index (χ0) is 15.4. The van der Waals surface area contributed by atoms with Crippen LogP contribution in [-0.4, -0.2) is 14.2 Å². The van der Waals surface area contributed by atoms with Gasteiger partial charge in [-0.2, -0.15) is 0 Å². The number of ether oxygens (including phenoxy) is 2. The van der Waals surface area contributed by atoms with Crippen LogP contribution in [0.2, 0.25) is 0 Å². The van der Waals surface area contributed by atoms with Crippen LogP contribution in [0.4, 0.5) is 0 Å². The van der Waals surface area contributed by atoms with Gasteiger partial charge >= 0.3 is 0 Å². The molecule has 22 heavy (non-hydrogen) atoms. The van der Waals surface area contributed by atoms with Gasteiger partial charge in [0.1, 0.15) is 11.5 Å². The van der Waals surface area contributed by atoms with Crippen molar-refractivity contribution in [1.29, 1.82) is 0 Å². The average molecular weight is 290 g/mol. The van der Waals surface area contributed by atoms with Gasteiger partial charge < -0.3 is 9.47 Å². The third-order valence-corrected chi connectivity index (χ3v) is 3.71. The molecule has 0 bridgehead atoms. The van der Waals surface area contributed by atoms with E-state index >= 15 is 0 Å². The third kappa shape index (κ3) is 2.68. The number of hydrogen-bond acceptors (Lipinski definition) is 2. The standard InChI is InChI=1S/C20H18O2/c1-21-16-12-13-19(20(14-16)22-2)18-11-7-6-10-17(18)15-8-4-3-5-9-15/h3-14H,1-2H3. The molecule has 110 valence electrons. The first kappa shape index (κ1) is 14.2. The van der Waals surface area contributed by atoms with Gasteiger partial charge in [0.2, 0.25) is 0 Å². The maximum Gasteiger partial charge on any atom is 0.130 e. The van der Waals surface area contributed by atoms with Gasteiger partial charge in [-0.25, -0.2) is 0 Å². The molecule has 0 radical (unpaired) electrons. The molecule has 0 heterocycles. The molecule has 2 heteroatoms. The molecule has 0 amide bonds. The Kier molecular flexibility index (Phi) is 4.10. The van der Waals surface area contributed by atoms with Crippen LogP contribution in [0.3, 0.4) is 0 Å². The summed E-state index contributed by atoms with van der Waals surface area (Å²) in [6.07, 6.45) is 0. The molecule has 2 nitrogen and oxygen atoms in total. The van der Waals surface area contributed by atoms with Gasteiger partial charge in [0, 0.05) is 11.6 Å². The van der Waals surface area contributed by atoms with Crippen molar-refractivity contribution in [2.24, 2.45) is 0 Å². The molecule has 3 aromatic rings. The van der Waals surface area contributed by atoms with Crippen LogP contribution >= 0.6 is 0 Å². The van der Waals surface area contributed by atoms with Crippen molar-refractivity contribution in [2.75, 3.05) is 14.2 Å². The van der Waals surface area contributed by atoms with Crippen molar-refractivity contribution in [3.8, 4) is 33.8 Å². The van der Waals surface area contributed by atoms with E-state index in [0.717, 1.165) is 22.6 Å². The van der Waals surface area contributed by atoms with E-state index in [9.17, 15) is 0 Å². The molecule has 0 saturated heterocycles. The summed E-state index contributed by atoms with van der Waals surface area (Å²) in [4.78, 5) is 0. The predicted molar refractivity (Wildman–Crippen MR) is 90.4 cm³/mol. The van der Waals surface area contributed by atoms with Crippen LogP contribution in [0.15, 0.2) is 72.8 Å². The van der Waals surface area contributed by atoms with Crippen molar-refractivity contribution in [2.45, 2.75) is 0 Å². The number of methoxy groups -OCH3 is 2. The maximum atomic E-state index is 5.55. The first-order chi connectivity index (χ1) is 10.8. The molecule has 0 aliphatic carbocycles. The smallest absolute Gasteiger partial charge is 0.130 e. The zero-order valence-electron chi connectivity index (χ0n) is 12.7. The molecule has 0 saturated carbocycles. The largest absolute Gasteiger partial charge is 0.497 e. The number of hydrogen-bond donors (Lipinski definition) is 0. The highest BCUT2D eigenvalue weighted by Gasteiger charge is 2.12. The Bertz CT molecular complexity index is 764. The SMILES string of the molecule is COc1ccc(-c2ccccc2-c2ccccc2)c(OC)c1. The predicted octanol–water partition coefficient (Wildman–Crippen LogP) is 5.04. The van der Waals surface area contributed by atoms with Gasteiger partial charge in [-0.15, -0.1) is 0 Å². The Labute approximate surface area is 131 Å². The van der Waals surface area contributed by atoms with Gasteiger partial charge in [-0.3, -0.25) is 0 Å². The summed E-state index contributed by atoms with van der Waals surface area (Å²) in [6, 6.07) is 24.6. The van der Waals surface area contributed by atoms with Gasteiger partial charge in [-0.05, 0) is 28.8 Å². The Balaban J connectivity index is 2.18. The fourth-order valence-electron chi connectivity index (χ4n) is 2.61. The van der Waals surface area contributed by atoms with E-state index in [4.69, 9.17) is 9.47 Å². The highest BCUT2D eigenvalue weighted by molar-refractivity contribution is 5.86. The summed E-state index contributed by atoms with van der Waals surface area (Å²) < 4.78 is 10.8. The second-order valence-corrected chi connectivity index (χ2v) is 4.98. The molecular formula is C20H18O2. The molecule has 3 rings (SSSR count). The lowest BCUT2D eigenvalue weighted by Crippen LogP contribution is -1.92. The van der Waals surface area contributed by atoms with Gasteiger partial charge in [-0.1, -0.05) is 54.6 Å². The van der Waals surface area contributed by atoms with Gasteiger partial charge in [0.05, 0.1) is 14.2 Å². The summed E-state index contributed by atoms with van der Waals surface area (Å²) in [7, 11) is 3.34. The van der Waals surface area contributed by atoms with E-state index in [1.165, 1.54) is 11.1 Å². The summed E-state index contributed by atoms with van der Waals surface area (Å²) >= 11 is 0. The van der Waals surface area contributed by atoms with E-state index in [2.05, 4.69) is 42.5 Å². The van der Waals surface area contributed by atoms with Crippen LogP contribution in [-0.2, 0) is 0 Å². The molecule has 3 aromatic carbocycles. The lowest BCUT2D eigenvalue weighted by molar-refractivity contribution is 0.395. The van der Waals surface area contributed by atoms with Crippen LogP contribution < -0.4 is 9.47 Å². The average Bonchev–Trinajstić information content (AvgIpc) is 2.62. The highest BCUT2D eigenvalue weighted by atomic mass is 16.5. The zero-order valence-corrected chi connectivity index (χ0v) is 12.7. The van der Waals surface area contributed by atoms with E-state index in [1.807, 2.05) is 30.3 Å². The summed E-state index contributed by atoms with van der Waals surface area (Å²) in [6.45, 7) is 0. The number of benzene rings is 3. The molecule has 0 aliphatic heterocycles. The minimum atomic E-state index is 0.790. The van der Waals surface area contributed by atoms with Crippen LogP contribution in [0, 0.1) is 0 Å². The minimum absolute atomic E-state index is 0.790. The second kappa shape index (κ2) is 6.35. The first-order valence-electron chi connectivity index (χ1n) is 7.20. The first-order valence-corrected chi connectivity index (χ1v) is 7.20. The van der Waals surface area contributed by atoms with Crippen LogP contribution in [0.5, 0.6) is 11.5 Å². The quantitative estimate of drug-likeness (QED) is 0.670. The monoisotopic (exact) mass is 290 g/mol. The Morgan fingerprint density at radius 2 is 1.27 bits per heavy atom. The highest BCUT2D eigenvalue weighted by Crippen LogP contribution is 2.38. The number of rotatable bonds is 4. The molecule has 0 fully saturated rings. The molecule has 0 atom stereocenters. The van der Waals surface area contributed by atoms with Gasteiger partial charge in [0.15, 0.2) is 0 Å². The molecule has 0 unspecified atom stereocenters. The molecule has 0 aliphatic rings. The van der Waals surface area contributed by atoms with Crippen LogP contribution in [0.25, 0.3) is 22.3 Å². The van der Waals surface area contributed by atoms with E-state index < -0.39 is 0 Å². The third-order valence-electron chi connectivity index (χ3n) is 3.71. The fraction of sp³-hybridized carbons (Fsp3) is 0.100. The Morgan fingerprint density at radius 1 is 0.591 bits per heavy atom. The lowest BCUT2D eigenvalue weighted by Gasteiger charge is -2.14. The normalized spacial score (nSPS) is 10.3. The topological polar surface area (TPSA) is 18.5 Å². The van der Waals surface area contributed by atoms with E-state index in [0.29, 0.717) is 0 Å². The second-order valence-electron chi connectivity index (χ2n) is 4.98. The van der Waals surface area contributed by atoms with Crippen molar-refractivity contribution in [3.05, 3.63) is 72.8 Å². The Hall–Kier alpha value is -2.74. The minimum Gasteiger partial charge on any atom is -0.497 e. The van der Waals surface area contributed by atoms with Crippen molar-refractivity contribution in [3.63, 3.8) is 0 Å². The Morgan fingerprint density at radius 3 is 1.95 bits per heavy atom. The molecular weight excluding hydrogens is 272 g/mol. The summed E-state index contributed by atoms with van der Waals surface area (Å²) in [5.74, 6) is 1.60.